The first-order valence-electron chi connectivity index (χ1n) is 6.86. The minimum Gasteiger partial charge on any atom is -0.321 e. The van der Waals surface area contributed by atoms with Gasteiger partial charge in [-0.3, -0.25) is 9.78 Å². The largest absolute Gasteiger partial charge is 0.321 e. The van der Waals surface area contributed by atoms with Crippen LogP contribution in [0, 0.1) is 5.82 Å². The van der Waals surface area contributed by atoms with Gasteiger partial charge in [0.25, 0.3) is 5.56 Å². The fourth-order valence-electron chi connectivity index (χ4n) is 2.34. The van der Waals surface area contributed by atoms with E-state index in [1.54, 1.807) is 42.9 Å². The van der Waals surface area contributed by atoms with Crippen LogP contribution in [0.25, 0.3) is 27.8 Å². The molecule has 3 aromatic heterocycles. The number of H-pyrrole nitrogens is 1. The predicted molar refractivity (Wildman–Crippen MR) is 82.7 cm³/mol. The fourth-order valence-corrected chi connectivity index (χ4v) is 2.34. The molecule has 0 aliphatic carbocycles. The number of aromatic nitrogens is 5. The zero-order chi connectivity index (χ0) is 15.8. The number of aromatic amines is 1. The van der Waals surface area contributed by atoms with E-state index in [9.17, 15) is 9.18 Å². The van der Waals surface area contributed by atoms with Gasteiger partial charge in [-0.2, -0.15) is 0 Å². The molecular formula is C16H10FN5O. The highest BCUT2D eigenvalue weighted by atomic mass is 19.1. The highest BCUT2D eigenvalue weighted by Gasteiger charge is 2.10. The highest BCUT2D eigenvalue weighted by Crippen LogP contribution is 2.18. The first-order chi connectivity index (χ1) is 11.2. The second-order valence-electron chi connectivity index (χ2n) is 5.00. The maximum atomic E-state index is 13.0. The average molecular weight is 307 g/mol. The van der Waals surface area contributed by atoms with Crippen LogP contribution in [-0.2, 0) is 0 Å². The van der Waals surface area contributed by atoms with Crippen LogP contribution in [0.5, 0.6) is 0 Å². The number of fused-ring (bicyclic) bond motifs is 1. The standard InChI is InChI=1S/C16H10FN5O/c17-11-1-3-12(4-2-11)22-9-15(20-21-22)13-7-10-8-18-6-5-14(10)19-16(13)23/h1-9H,(H,19,23). The van der Waals surface area contributed by atoms with E-state index in [1.807, 2.05) is 0 Å². The molecule has 0 saturated carbocycles. The number of nitrogens with one attached hydrogen (secondary N) is 1. The SMILES string of the molecule is O=c1[nH]c2ccncc2cc1-c1cn(-c2ccc(F)cc2)nn1. The van der Waals surface area contributed by atoms with Crippen LogP contribution in [0.3, 0.4) is 0 Å². The Kier molecular flexibility index (Phi) is 2.97. The van der Waals surface area contributed by atoms with Crippen molar-refractivity contribution in [1.29, 1.82) is 0 Å². The van der Waals surface area contributed by atoms with Crippen molar-refractivity contribution < 1.29 is 4.39 Å². The van der Waals surface area contributed by atoms with Gasteiger partial charge in [0.05, 0.1) is 23.0 Å². The van der Waals surface area contributed by atoms with Gasteiger partial charge >= 0.3 is 0 Å². The number of pyridine rings is 2. The minimum atomic E-state index is -0.326. The number of nitrogens with zero attached hydrogens (tertiary/aromatic N) is 4. The van der Waals surface area contributed by atoms with Gasteiger partial charge in [0.15, 0.2) is 0 Å². The van der Waals surface area contributed by atoms with Crippen LogP contribution in [0.2, 0.25) is 0 Å². The molecule has 0 saturated heterocycles. The molecule has 3 heterocycles. The molecule has 0 aliphatic rings. The molecule has 1 N–H and O–H groups in total. The van der Waals surface area contributed by atoms with Gasteiger partial charge in [-0.05, 0) is 36.4 Å². The topological polar surface area (TPSA) is 76.5 Å². The highest BCUT2D eigenvalue weighted by molar-refractivity contribution is 5.81. The van der Waals surface area contributed by atoms with Crippen LogP contribution in [0.15, 0.2) is 59.8 Å². The summed E-state index contributed by atoms with van der Waals surface area (Å²) >= 11 is 0. The van der Waals surface area contributed by atoms with Crippen molar-refractivity contribution in [1.82, 2.24) is 25.0 Å². The molecule has 0 fully saturated rings. The lowest BCUT2D eigenvalue weighted by Crippen LogP contribution is -2.08. The lowest BCUT2D eigenvalue weighted by Gasteiger charge is -2.00. The van der Waals surface area contributed by atoms with Crippen LogP contribution in [-0.4, -0.2) is 25.0 Å². The third-order valence-electron chi connectivity index (χ3n) is 3.51. The minimum absolute atomic E-state index is 0.255. The summed E-state index contributed by atoms with van der Waals surface area (Å²) < 4.78 is 14.5. The van der Waals surface area contributed by atoms with Gasteiger partial charge in [-0.15, -0.1) is 5.10 Å². The fraction of sp³-hybridized carbons (Fsp3) is 0. The summed E-state index contributed by atoms with van der Waals surface area (Å²) in [5.74, 6) is -0.326. The number of benzene rings is 1. The number of rotatable bonds is 2. The lowest BCUT2D eigenvalue weighted by atomic mass is 10.1. The molecule has 0 amide bonds. The lowest BCUT2D eigenvalue weighted by molar-refractivity contribution is 0.626. The van der Waals surface area contributed by atoms with Crippen molar-refractivity contribution in [3.63, 3.8) is 0 Å². The van der Waals surface area contributed by atoms with E-state index in [0.29, 0.717) is 22.5 Å². The van der Waals surface area contributed by atoms with Crippen LogP contribution in [0.1, 0.15) is 0 Å². The molecule has 1 aromatic carbocycles. The van der Waals surface area contributed by atoms with Gasteiger partial charge in [0.2, 0.25) is 0 Å². The molecule has 4 rings (SSSR count). The molecular weight excluding hydrogens is 297 g/mol. The van der Waals surface area contributed by atoms with Gasteiger partial charge in [0.1, 0.15) is 11.5 Å². The average Bonchev–Trinajstić information content (AvgIpc) is 3.04. The van der Waals surface area contributed by atoms with Crippen LogP contribution >= 0.6 is 0 Å². The quantitative estimate of drug-likeness (QED) is 0.616. The summed E-state index contributed by atoms with van der Waals surface area (Å²) in [7, 11) is 0. The van der Waals surface area contributed by atoms with Gasteiger partial charge in [-0.25, -0.2) is 9.07 Å². The second kappa shape index (κ2) is 5.13. The van der Waals surface area contributed by atoms with Crippen molar-refractivity contribution in [3.05, 3.63) is 71.2 Å². The Hall–Kier alpha value is -3.35. The molecule has 0 unspecified atom stereocenters. The summed E-state index contributed by atoms with van der Waals surface area (Å²) in [5, 5.41) is 8.83. The van der Waals surface area contributed by atoms with Gasteiger partial charge < -0.3 is 4.98 Å². The summed E-state index contributed by atoms with van der Waals surface area (Å²) in [6, 6.07) is 9.30. The number of halogens is 1. The van der Waals surface area contributed by atoms with E-state index in [2.05, 4.69) is 20.3 Å². The first-order valence-corrected chi connectivity index (χ1v) is 6.86. The zero-order valence-electron chi connectivity index (χ0n) is 11.8. The third-order valence-corrected chi connectivity index (χ3v) is 3.51. The Bertz CT molecular complexity index is 1050. The van der Waals surface area contributed by atoms with E-state index >= 15 is 0 Å². The van der Waals surface area contributed by atoms with Crippen molar-refractivity contribution in [2.45, 2.75) is 0 Å². The number of hydrogen-bond acceptors (Lipinski definition) is 4. The molecule has 0 bridgehead atoms. The normalized spacial score (nSPS) is 11.0. The van der Waals surface area contributed by atoms with E-state index < -0.39 is 0 Å². The molecule has 6 nitrogen and oxygen atoms in total. The van der Waals surface area contributed by atoms with Crippen molar-refractivity contribution in [2.75, 3.05) is 0 Å². The molecule has 7 heteroatoms. The van der Waals surface area contributed by atoms with E-state index in [1.165, 1.54) is 16.8 Å². The Morgan fingerprint density at radius 1 is 1.13 bits per heavy atom. The molecule has 0 spiro atoms. The molecule has 112 valence electrons. The van der Waals surface area contributed by atoms with Crippen molar-refractivity contribution in [3.8, 4) is 16.9 Å². The van der Waals surface area contributed by atoms with Gasteiger partial charge in [0, 0.05) is 17.8 Å². The van der Waals surface area contributed by atoms with Crippen molar-refractivity contribution >= 4 is 10.9 Å². The van der Waals surface area contributed by atoms with Gasteiger partial charge in [-0.1, -0.05) is 5.21 Å². The maximum Gasteiger partial charge on any atom is 0.258 e. The first kappa shape index (κ1) is 13.3. The summed E-state index contributed by atoms with van der Waals surface area (Å²) in [5.41, 5.74) is 1.94. The Labute approximate surface area is 129 Å². The maximum absolute atomic E-state index is 13.0. The predicted octanol–water partition coefficient (Wildman–Crippen LogP) is 2.31. The van der Waals surface area contributed by atoms with E-state index in [4.69, 9.17) is 0 Å². The number of hydrogen-bond donors (Lipinski definition) is 1. The van der Waals surface area contributed by atoms with Crippen LogP contribution in [0.4, 0.5) is 4.39 Å². The van der Waals surface area contributed by atoms with Crippen molar-refractivity contribution in [2.24, 2.45) is 0 Å². The summed E-state index contributed by atoms with van der Waals surface area (Å²) in [4.78, 5) is 19.1. The molecule has 0 atom stereocenters. The molecule has 0 radical (unpaired) electrons. The smallest absolute Gasteiger partial charge is 0.258 e. The Morgan fingerprint density at radius 2 is 1.96 bits per heavy atom. The summed E-state index contributed by atoms with van der Waals surface area (Å²) in [6.07, 6.45) is 4.90. The van der Waals surface area contributed by atoms with Crippen LogP contribution < -0.4 is 5.56 Å². The van der Waals surface area contributed by atoms with E-state index in [-0.39, 0.29) is 11.4 Å². The monoisotopic (exact) mass is 307 g/mol. The zero-order valence-corrected chi connectivity index (χ0v) is 11.8. The third kappa shape index (κ3) is 2.38. The van der Waals surface area contributed by atoms with E-state index in [0.717, 1.165) is 5.39 Å². The molecule has 4 aromatic rings. The molecule has 23 heavy (non-hydrogen) atoms. The summed E-state index contributed by atoms with van der Waals surface area (Å²) in [6.45, 7) is 0. The Morgan fingerprint density at radius 3 is 2.78 bits per heavy atom. The second-order valence-corrected chi connectivity index (χ2v) is 5.00. The molecule has 0 aliphatic heterocycles. The Balaban J connectivity index is 1.81.